The quantitative estimate of drug-likeness (QED) is 0.783. The van der Waals surface area contributed by atoms with Crippen LogP contribution in [0.1, 0.15) is 63.2 Å². The molecule has 2 aliphatic carbocycles. The Labute approximate surface area is 124 Å². The van der Waals surface area contributed by atoms with Gasteiger partial charge in [0.2, 0.25) is 0 Å². The summed E-state index contributed by atoms with van der Waals surface area (Å²) < 4.78 is 24.8. The molecule has 0 radical (unpaired) electrons. The SMILES string of the molecule is O=S(=O)(Cl)c1nnc(CCC2CCCCC2)n1C1CC1. The van der Waals surface area contributed by atoms with Crippen LogP contribution in [0.5, 0.6) is 0 Å². The molecule has 0 amide bonds. The zero-order valence-electron chi connectivity index (χ0n) is 11.5. The van der Waals surface area contributed by atoms with Crippen molar-refractivity contribution in [1.29, 1.82) is 0 Å². The Kier molecular flexibility index (Phi) is 4.04. The molecule has 2 fully saturated rings. The van der Waals surface area contributed by atoms with Crippen molar-refractivity contribution in [2.45, 2.75) is 69.0 Å². The van der Waals surface area contributed by atoms with Gasteiger partial charge in [0, 0.05) is 23.1 Å². The summed E-state index contributed by atoms with van der Waals surface area (Å²) in [5.74, 6) is 1.54. The first-order chi connectivity index (χ1) is 9.55. The average molecular weight is 318 g/mol. The number of nitrogens with zero attached hydrogens (tertiary/aromatic N) is 3. The van der Waals surface area contributed by atoms with E-state index in [1.54, 1.807) is 4.57 Å². The van der Waals surface area contributed by atoms with Gasteiger partial charge in [-0.3, -0.25) is 4.57 Å². The van der Waals surface area contributed by atoms with Gasteiger partial charge in [-0.15, -0.1) is 10.2 Å². The van der Waals surface area contributed by atoms with Gasteiger partial charge in [-0.05, 0) is 25.2 Å². The minimum atomic E-state index is -3.80. The lowest BCUT2D eigenvalue weighted by atomic mass is 9.86. The van der Waals surface area contributed by atoms with E-state index in [1.807, 2.05) is 0 Å². The van der Waals surface area contributed by atoms with E-state index in [0.29, 0.717) is 0 Å². The second kappa shape index (κ2) is 5.64. The van der Waals surface area contributed by atoms with Crippen LogP contribution in [0.25, 0.3) is 0 Å². The standard InChI is InChI=1S/C13H20ClN3O2S/c14-20(18,19)13-16-15-12(17(13)11-7-8-11)9-6-10-4-2-1-3-5-10/h10-11H,1-9H2. The molecule has 0 bridgehead atoms. The normalized spacial score (nSPS) is 21.2. The van der Waals surface area contributed by atoms with Crippen molar-refractivity contribution in [3.8, 4) is 0 Å². The summed E-state index contributed by atoms with van der Waals surface area (Å²) >= 11 is 0. The molecule has 2 aliphatic rings. The molecule has 0 aliphatic heterocycles. The van der Waals surface area contributed by atoms with Gasteiger partial charge < -0.3 is 0 Å². The van der Waals surface area contributed by atoms with Gasteiger partial charge in [0.1, 0.15) is 5.82 Å². The minimum absolute atomic E-state index is 0.0692. The number of rotatable bonds is 5. The first-order valence-electron chi connectivity index (χ1n) is 7.44. The molecule has 112 valence electrons. The summed E-state index contributed by atoms with van der Waals surface area (Å²) in [6, 6.07) is 0.231. The Bertz CT molecular complexity index is 574. The fourth-order valence-electron chi connectivity index (χ4n) is 3.15. The maximum Gasteiger partial charge on any atom is 0.296 e. The van der Waals surface area contributed by atoms with Crippen LogP contribution in [0.4, 0.5) is 0 Å². The highest BCUT2D eigenvalue weighted by Crippen LogP contribution is 2.38. The predicted molar refractivity (Wildman–Crippen MR) is 76.2 cm³/mol. The van der Waals surface area contributed by atoms with Crippen LogP contribution in [-0.2, 0) is 15.5 Å². The largest absolute Gasteiger partial charge is 0.298 e. The van der Waals surface area contributed by atoms with Crippen LogP contribution < -0.4 is 0 Å². The molecule has 0 atom stereocenters. The Hall–Kier alpha value is -0.620. The van der Waals surface area contributed by atoms with Crippen molar-refractivity contribution in [2.24, 2.45) is 5.92 Å². The minimum Gasteiger partial charge on any atom is -0.298 e. The second-order valence-electron chi connectivity index (χ2n) is 5.98. The Morgan fingerprint density at radius 3 is 2.40 bits per heavy atom. The van der Waals surface area contributed by atoms with Gasteiger partial charge in [0.15, 0.2) is 0 Å². The smallest absolute Gasteiger partial charge is 0.296 e. The lowest BCUT2D eigenvalue weighted by Crippen LogP contribution is -2.11. The van der Waals surface area contributed by atoms with Gasteiger partial charge in [0.25, 0.3) is 14.2 Å². The first-order valence-corrected chi connectivity index (χ1v) is 9.75. The summed E-state index contributed by atoms with van der Waals surface area (Å²) in [4.78, 5) is 0. The van der Waals surface area contributed by atoms with Crippen molar-refractivity contribution in [1.82, 2.24) is 14.8 Å². The van der Waals surface area contributed by atoms with Crippen molar-refractivity contribution < 1.29 is 8.42 Å². The van der Waals surface area contributed by atoms with E-state index in [-0.39, 0.29) is 11.2 Å². The van der Waals surface area contributed by atoms with E-state index in [1.165, 1.54) is 32.1 Å². The number of aryl methyl sites for hydroxylation is 1. The van der Waals surface area contributed by atoms with Gasteiger partial charge in [0.05, 0.1) is 0 Å². The van der Waals surface area contributed by atoms with Gasteiger partial charge >= 0.3 is 0 Å². The molecule has 1 aromatic rings. The highest BCUT2D eigenvalue weighted by molar-refractivity contribution is 8.13. The lowest BCUT2D eigenvalue weighted by molar-refractivity contribution is 0.335. The van der Waals surface area contributed by atoms with Crippen LogP contribution in [0.2, 0.25) is 0 Å². The maximum atomic E-state index is 11.5. The highest BCUT2D eigenvalue weighted by Gasteiger charge is 2.33. The van der Waals surface area contributed by atoms with Gasteiger partial charge in [-0.25, -0.2) is 8.42 Å². The molecule has 0 saturated heterocycles. The van der Waals surface area contributed by atoms with E-state index >= 15 is 0 Å². The van der Waals surface area contributed by atoms with Gasteiger partial charge in [-0.2, -0.15) is 0 Å². The van der Waals surface area contributed by atoms with E-state index < -0.39 is 9.05 Å². The van der Waals surface area contributed by atoms with E-state index in [0.717, 1.165) is 37.4 Å². The summed E-state index contributed by atoms with van der Waals surface area (Å²) in [6.45, 7) is 0. The fraction of sp³-hybridized carbons (Fsp3) is 0.846. The molecule has 7 heteroatoms. The van der Waals surface area contributed by atoms with E-state index in [2.05, 4.69) is 10.2 Å². The first kappa shape index (κ1) is 14.3. The molecule has 1 heterocycles. The summed E-state index contributed by atoms with van der Waals surface area (Å²) in [7, 11) is 1.65. The maximum absolute atomic E-state index is 11.5. The molecule has 0 unspecified atom stereocenters. The fourth-order valence-corrected chi connectivity index (χ4v) is 4.10. The molecular formula is C13H20ClN3O2S. The third-order valence-corrected chi connectivity index (χ3v) is 5.49. The van der Waals surface area contributed by atoms with Crippen molar-refractivity contribution in [3.63, 3.8) is 0 Å². The molecular weight excluding hydrogens is 298 g/mol. The van der Waals surface area contributed by atoms with Crippen LogP contribution in [0, 0.1) is 5.92 Å². The number of hydrogen-bond acceptors (Lipinski definition) is 4. The van der Waals surface area contributed by atoms with E-state index in [4.69, 9.17) is 10.7 Å². The molecule has 0 aromatic carbocycles. The van der Waals surface area contributed by atoms with Crippen molar-refractivity contribution in [2.75, 3.05) is 0 Å². The topological polar surface area (TPSA) is 64.8 Å². The Morgan fingerprint density at radius 2 is 1.80 bits per heavy atom. The molecule has 0 spiro atoms. The third-order valence-electron chi connectivity index (χ3n) is 4.37. The van der Waals surface area contributed by atoms with Crippen LogP contribution in [0.15, 0.2) is 5.16 Å². The Morgan fingerprint density at radius 1 is 1.10 bits per heavy atom. The molecule has 0 N–H and O–H groups in total. The molecule has 5 nitrogen and oxygen atoms in total. The van der Waals surface area contributed by atoms with Crippen LogP contribution in [-0.4, -0.2) is 23.2 Å². The Balaban J connectivity index is 1.74. The van der Waals surface area contributed by atoms with Gasteiger partial charge in [-0.1, -0.05) is 32.1 Å². The molecule has 20 heavy (non-hydrogen) atoms. The van der Waals surface area contributed by atoms with Crippen molar-refractivity contribution >= 4 is 19.7 Å². The zero-order chi connectivity index (χ0) is 14.2. The second-order valence-corrected chi connectivity index (χ2v) is 8.44. The zero-order valence-corrected chi connectivity index (χ0v) is 13.0. The van der Waals surface area contributed by atoms with Crippen molar-refractivity contribution in [3.05, 3.63) is 5.82 Å². The summed E-state index contributed by atoms with van der Waals surface area (Å²) in [5.41, 5.74) is 0. The predicted octanol–water partition coefficient (Wildman–Crippen LogP) is 3.05. The molecule has 1 aromatic heterocycles. The van der Waals surface area contributed by atoms with Crippen LogP contribution >= 0.6 is 10.7 Å². The monoisotopic (exact) mass is 317 g/mol. The average Bonchev–Trinajstić information content (AvgIpc) is 3.16. The van der Waals surface area contributed by atoms with Crippen LogP contribution in [0.3, 0.4) is 0 Å². The summed E-state index contributed by atoms with van der Waals surface area (Å²) in [6.07, 6.45) is 10.4. The lowest BCUT2D eigenvalue weighted by Gasteiger charge is -2.21. The molecule has 3 rings (SSSR count). The van der Waals surface area contributed by atoms with E-state index in [9.17, 15) is 8.42 Å². The number of aromatic nitrogens is 3. The number of halogens is 1. The molecule has 2 saturated carbocycles. The number of hydrogen-bond donors (Lipinski definition) is 0. The highest BCUT2D eigenvalue weighted by atomic mass is 35.7. The summed E-state index contributed by atoms with van der Waals surface area (Å²) in [5, 5.41) is 7.81. The third kappa shape index (κ3) is 3.17.